The van der Waals surface area contributed by atoms with Crippen molar-refractivity contribution in [2.24, 2.45) is 0 Å². The lowest BCUT2D eigenvalue weighted by molar-refractivity contribution is 0.0730. The second-order valence-corrected chi connectivity index (χ2v) is 6.88. The minimum atomic E-state index is -0.0773. The number of amides is 1. The molecule has 0 saturated heterocycles. The molecule has 7 nitrogen and oxygen atoms in total. The van der Waals surface area contributed by atoms with Gasteiger partial charge < -0.3 is 14.4 Å². The van der Waals surface area contributed by atoms with E-state index in [0.717, 1.165) is 28.1 Å². The molecule has 0 aliphatic rings. The molecular formula is C23H22N4O3. The third-order valence-electron chi connectivity index (χ3n) is 4.92. The molecule has 4 rings (SSSR count). The number of ether oxygens (including phenoxy) is 2. The van der Waals surface area contributed by atoms with E-state index in [2.05, 4.69) is 15.4 Å². The van der Waals surface area contributed by atoms with Crippen LogP contribution in [0.5, 0.6) is 11.5 Å². The number of rotatable bonds is 7. The summed E-state index contributed by atoms with van der Waals surface area (Å²) in [6.07, 6.45) is 0. The molecular weight excluding hydrogens is 380 g/mol. The van der Waals surface area contributed by atoms with Crippen molar-refractivity contribution >= 4 is 16.9 Å². The summed E-state index contributed by atoms with van der Waals surface area (Å²) in [4.78, 5) is 15.2. The van der Waals surface area contributed by atoms with Crippen LogP contribution in [0, 0.1) is 0 Å². The van der Waals surface area contributed by atoms with Gasteiger partial charge in [0.25, 0.3) is 5.91 Å². The van der Waals surface area contributed by atoms with Crippen LogP contribution >= 0.6 is 0 Å². The van der Waals surface area contributed by atoms with Gasteiger partial charge in [0.15, 0.2) is 0 Å². The number of methoxy groups -OCH3 is 2. The zero-order valence-corrected chi connectivity index (χ0v) is 16.8. The van der Waals surface area contributed by atoms with Gasteiger partial charge >= 0.3 is 0 Å². The first-order valence-electron chi connectivity index (χ1n) is 9.52. The minimum absolute atomic E-state index is 0.0773. The van der Waals surface area contributed by atoms with Gasteiger partial charge in [-0.1, -0.05) is 24.3 Å². The summed E-state index contributed by atoms with van der Waals surface area (Å²) in [5.41, 5.74) is 3.98. The number of carbonyl (C=O) groups is 1. The molecule has 30 heavy (non-hydrogen) atoms. The summed E-state index contributed by atoms with van der Waals surface area (Å²) in [6, 6.07) is 20.8. The maximum Gasteiger partial charge on any atom is 0.254 e. The predicted molar refractivity (Wildman–Crippen MR) is 113 cm³/mol. The SMILES string of the molecule is COc1ccc(CN(Cc2ccc(OC)cc2)C(=O)c2ccc3n[nH]nc3c2)cc1. The van der Waals surface area contributed by atoms with Gasteiger partial charge in [-0.25, -0.2) is 0 Å². The number of nitrogens with zero attached hydrogens (tertiary/aromatic N) is 3. The van der Waals surface area contributed by atoms with Crippen molar-refractivity contribution in [1.82, 2.24) is 20.3 Å². The Kier molecular flexibility index (Phi) is 5.61. The van der Waals surface area contributed by atoms with E-state index < -0.39 is 0 Å². The van der Waals surface area contributed by atoms with Gasteiger partial charge in [0.1, 0.15) is 22.5 Å². The zero-order valence-electron chi connectivity index (χ0n) is 16.8. The van der Waals surface area contributed by atoms with Gasteiger partial charge in [-0.15, -0.1) is 0 Å². The average Bonchev–Trinajstić information content (AvgIpc) is 3.27. The molecule has 4 aromatic rings. The smallest absolute Gasteiger partial charge is 0.254 e. The molecule has 1 N–H and O–H groups in total. The van der Waals surface area contributed by atoms with Crippen molar-refractivity contribution in [3.63, 3.8) is 0 Å². The van der Waals surface area contributed by atoms with E-state index in [9.17, 15) is 4.79 Å². The van der Waals surface area contributed by atoms with Crippen molar-refractivity contribution < 1.29 is 14.3 Å². The largest absolute Gasteiger partial charge is 0.497 e. The van der Waals surface area contributed by atoms with E-state index in [0.29, 0.717) is 24.2 Å². The lowest BCUT2D eigenvalue weighted by Crippen LogP contribution is -2.30. The van der Waals surface area contributed by atoms with Crippen LogP contribution in [-0.4, -0.2) is 40.4 Å². The fourth-order valence-corrected chi connectivity index (χ4v) is 3.26. The van der Waals surface area contributed by atoms with Gasteiger partial charge in [0.05, 0.1) is 14.2 Å². The molecule has 1 amide bonds. The number of benzene rings is 3. The van der Waals surface area contributed by atoms with Crippen LogP contribution in [0.4, 0.5) is 0 Å². The fraction of sp³-hybridized carbons (Fsp3) is 0.174. The van der Waals surface area contributed by atoms with Crippen molar-refractivity contribution in [3.8, 4) is 11.5 Å². The number of hydrogen-bond donors (Lipinski definition) is 1. The molecule has 0 radical (unpaired) electrons. The first kappa shape index (κ1) is 19.4. The second kappa shape index (κ2) is 8.65. The molecule has 0 saturated carbocycles. The topological polar surface area (TPSA) is 80.3 Å². The molecule has 1 heterocycles. The molecule has 0 unspecified atom stereocenters. The second-order valence-electron chi connectivity index (χ2n) is 6.88. The van der Waals surface area contributed by atoms with Gasteiger partial charge in [-0.3, -0.25) is 4.79 Å². The van der Waals surface area contributed by atoms with Gasteiger partial charge in [0.2, 0.25) is 0 Å². The fourth-order valence-electron chi connectivity index (χ4n) is 3.26. The van der Waals surface area contributed by atoms with E-state index in [1.807, 2.05) is 53.4 Å². The summed E-state index contributed by atoms with van der Waals surface area (Å²) >= 11 is 0. The summed E-state index contributed by atoms with van der Waals surface area (Å²) in [5, 5.41) is 10.7. The average molecular weight is 402 g/mol. The van der Waals surface area contributed by atoms with Gasteiger partial charge in [-0.2, -0.15) is 15.4 Å². The van der Waals surface area contributed by atoms with Crippen molar-refractivity contribution in [3.05, 3.63) is 83.4 Å². The molecule has 0 aliphatic heterocycles. The van der Waals surface area contributed by atoms with Crippen molar-refractivity contribution in [1.29, 1.82) is 0 Å². The van der Waals surface area contributed by atoms with Crippen LogP contribution in [0.2, 0.25) is 0 Å². The Hall–Kier alpha value is -3.87. The van der Waals surface area contributed by atoms with Crippen LogP contribution < -0.4 is 9.47 Å². The van der Waals surface area contributed by atoms with Crippen LogP contribution in [0.25, 0.3) is 11.0 Å². The minimum Gasteiger partial charge on any atom is -0.497 e. The van der Waals surface area contributed by atoms with Gasteiger partial charge in [-0.05, 0) is 53.6 Å². The molecule has 0 aliphatic carbocycles. The maximum atomic E-state index is 13.4. The lowest BCUT2D eigenvalue weighted by atomic mass is 10.1. The molecule has 0 spiro atoms. The van der Waals surface area contributed by atoms with Crippen molar-refractivity contribution in [2.45, 2.75) is 13.1 Å². The Labute approximate surface area is 174 Å². The number of hydrogen-bond acceptors (Lipinski definition) is 5. The van der Waals surface area contributed by atoms with E-state index in [-0.39, 0.29) is 5.91 Å². The number of aromatic nitrogens is 3. The van der Waals surface area contributed by atoms with Crippen LogP contribution in [0.1, 0.15) is 21.5 Å². The summed E-state index contributed by atoms with van der Waals surface area (Å²) < 4.78 is 10.5. The number of nitrogens with one attached hydrogen (secondary N) is 1. The highest BCUT2D eigenvalue weighted by Gasteiger charge is 2.18. The number of carbonyl (C=O) groups excluding carboxylic acids is 1. The highest BCUT2D eigenvalue weighted by atomic mass is 16.5. The van der Waals surface area contributed by atoms with E-state index in [1.165, 1.54) is 0 Å². The quantitative estimate of drug-likeness (QED) is 0.508. The lowest BCUT2D eigenvalue weighted by Gasteiger charge is -2.23. The standard InChI is InChI=1S/C23H22N4O3/c1-29-19-8-3-16(4-9-19)14-27(15-17-5-10-20(30-2)11-6-17)23(28)18-7-12-21-22(13-18)25-26-24-21/h3-13H,14-15H2,1-2H3,(H,24,25,26). The van der Waals surface area contributed by atoms with Crippen LogP contribution in [0.3, 0.4) is 0 Å². The Morgan fingerprint density at radius 2 is 1.33 bits per heavy atom. The summed E-state index contributed by atoms with van der Waals surface area (Å²) in [6.45, 7) is 0.928. The van der Waals surface area contributed by atoms with E-state index >= 15 is 0 Å². The molecule has 0 fully saturated rings. The molecule has 0 atom stereocenters. The summed E-state index contributed by atoms with van der Waals surface area (Å²) in [7, 11) is 3.27. The normalized spacial score (nSPS) is 10.7. The van der Waals surface area contributed by atoms with Crippen LogP contribution in [0.15, 0.2) is 66.7 Å². The first-order valence-corrected chi connectivity index (χ1v) is 9.52. The van der Waals surface area contributed by atoms with Crippen LogP contribution in [-0.2, 0) is 13.1 Å². The van der Waals surface area contributed by atoms with E-state index in [4.69, 9.17) is 9.47 Å². The third kappa shape index (κ3) is 4.25. The van der Waals surface area contributed by atoms with E-state index in [1.54, 1.807) is 32.4 Å². The Bertz CT molecular complexity index is 1090. The maximum absolute atomic E-state index is 13.4. The number of H-pyrrole nitrogens is 1. The van der Waals surface area contributed by atoms with Crippen molar-refractivity contribution in [2.75, 3.05) is 14.2 Å². The zero-order chi connectivity index (χ0) is 20.9. The molecule has 7 heteroatoms. The molecule has 3 aromatic carbocycles. The Balaban J connectivity index is 1.62. The highest BCUT2D eigenvalue weighted by Crippen LogP contribution is 2.20. The first-order chi connectivity index (χ1) is 14.7. The monoisotopic (exact) mass is 402 g/mol. The predicted octanol–water partition coefficient (Wildman–Crippen LogP) is 3.82. The summed E-state index contributed by atoms with van der Waals surface area (Å²) in [5.74, 6) is 1.48. The third-order valence-corrected chi connectivity index (χ3v) is 4.92. The molecule has 0 bridgehead atoms. The Morgan fingerprint density at radius 3 is 1.87 bits per heavy atom. The number of fused-ring (bicyclic) bond motifs is 1. The molecule has 1 aromatic heterocycles. The van der Waals surface area contributed by atoms with Gasteiger partial charge in [0, 0.05) is 18.7 Å². The highest BCUT2D eigenvalue weighted by molar-refractivity contribution is 5.97. The molecule has 152 valence electrons. The number of aromatic amines is 1. The Morgan fingerprint density at radius 1 is 0.800 bits per heavy atom.